The third-order valence-corrected chi connectivity index (χ3v) is 4.91. The summed E-state index contributed by atoms with van der Waals surface area (Å²) in [6, 6.07) is 0.207. The van der Waals surface area contributed by atoms with Crippen molar-refractivity contribution in [1.29, 1.82) is 0 Å². The third-order valence-electron chi connectivity index (χ3n) is 3.90. The number of amides is 2. The van der Waals surface area contributed by atoms with Crippen molar-refractivity contribution in [3.8, 4) is 0 Å². The van der Waals surface area contributed by atoms with Gasteiger partial charge in [-0.15, -0.1) is 24.2 Å². The van der Waals surface area contributed by atoms with Gasteiger partial charge in [-0.1, -0.05) is 6.92 Å². The van der Waals surface area contributed by atoms with Crippen LogP contribution < -0.4 is 10.6 Å². The van der Waals surface area contributed by atoms with Gasteiger partial charge >= 0.3 is 0 Å². The van der Waals surface area contributed by atoms with E-state index in [4.69, 9.17) is 0 Å². The Bertz CT molecular complexity index is 357. The standard InChI is InChI=1S/C13H23N3O2S.ClH/c1-3-12(17)16-8-19-7-11(16)13(18)15-10-5-4-6-14-9(10)2;/h9-11,14H,3-8H2,1-2H3,(H,15,18);1H. The van der Waals surface area contributed by atoms with Crippen molar-refractivity contribution in [3.63, 3.8) is 0 Å². The Balaban J connectivity index is 0.00000200. The van der Waals surface area contributed by atoms with E-state index < -0.39 is 0 Å². The molecule has 3 unspecified atom stereocenters. The number of thioether (sulfide) groups is 1. The van der Waals surface area contributed by atoms with Gasteiger partial charge in [0.2, 0.25) is 11.8 Å². The first-order valence-corrected chi connectivity index (χ1v) is 8.20. The SMILES string of the molecule is CCC(=O)N1CSCC1C(=O)NC1CCCNC1C.Cl. The van der Waals surface area contributed by atoms with Gasteiger partial charge in [0.15, 0.2) is 0 Å². The lowest BCUT2D eigenvalue weighted by atomic mass is 9.99. The Morgan fingerprint density at radius 3 is 2.85 bits per heavy atom. The fourth-order valence-corrected chi connectivity index (χ4v) is 3.81. The Labute approximate surface area is 131 Å². The van der Waals surface area contributed by atoms with E-state index in [1.807, 2.05) is 6.92 Å². The predicted octanol–water partition coefficient (Wildman–Crippen LogP) is 0.976. The largest absolute Gasteiger partial charge is 0.350 e. The first-order valence-electron chi connectivity index (χ1n) is 7.04. The highest BCUT2D eigenvalue weighted by molar-refractivity contribution is 7.99. The molecule has 0 radical (unpaired) electrons. The van der Waals surface area contributed by atoms with E-state index in [9.17, 15) is 9.59 Å². The van der Waals surface area contributed by atoms with Crippen LogP contribution in [0.5, 0.6) is 0 Å². The van der Waals surface area contributed by atoms with Crippen molar-refractivity contribution in [2.45, 2.75) is 51.2 Å². The second-order valence-electron chi connectivity index (χ2n) is 5.23. The van der Waals surface area contributed by atoms with Crippen molar-refractivity contribution >= 4 is 36.0 Å². The molecule has 7 heteroatoms. The summed E-state index contributed by atoms with van der Waals surface area (Å²) >= 11 is 1.65. The Morgan fingerprint density at radius 2 is 2.20 bits per heavy atom. The average Bonchev–Trinajstić information content (AvgIpc) is 2.90. The number of nitrogens with zero attached hydrogens (tertiary/aromatic N) is 1. The maximum atomic E-state index is 12.3. The summed E-state index contributed by atoms with van der Waals surface area (Å²) in [5.74, 6) is 1.43. The molecule has 2 aliphatic rings. The van der Waals surface area contributed by atoms with Crippen molar-refractivity contribution in [2.75, 3.05) is 18.2 Å². The molecule has 20 heavy (non-hydrogen) atoms. The zero-order chi connectivity index (χ0) is 13.8. The minimum Gasteiger partial charge on any atom is -0.350 e. The molecule has 116 valence electrons. The van der Waals surface area contributed by atoms with Crippen LogP contribution in [0.25, 0.3) is 0 Å². The van der Waals surface area contributed by atoms with Crippen LogP contribution in [0.2, 0.25) is 0 Å². The number of nitrogens with one attached hydrogen (secondary N) is 2. The number of piperidine rings is 1. The Morgan fingerprint density at radius 1 is 1.45 bits per heavy atom. The number of hydrogen-bond acceptors (Lipinski definition) is 4. The van der Waals surface area contributed by atoms with Crippen molar-refractivity contribution in [3.05, 3.63) is 0 Å². The van der Waals surface area contributed by atoms with E-state index in [-0.39, 0.29) is 36.3 Å². The molecular weight excluding hydrogens is 298 g/mol. The van der Waals surface area contributed by atoms with Gasteiger partial charge in [0.05, 0.1) is 5.88 Å². The van der Waals surface area contributed by atoms with Gasteiger partial charge in [-0.3, -0.25) is 9.59 Å². The van der Waals surface area contributed by atoms with Gasteiger partial charge in [0.1, 0.15) is 6.04 Å². The predicted molar refractivity (Wildman–Crippen MR) is 84.1 cm³/mol. The average molecular weight is 322 g/mol. The van der Waals surface area contributed by atoms with Crippen molar-refractivity contribution in [2.24, 2.45) is 0 Å². The Hall–Kier alpha value is -0.460. The fourth-order valence-electron chi connectivity index (χ4n) is 2.63. The molecule has 0 aromatic carbocycles. The smallest absolute Gasteiger partial charge is 0.243 e. The quantitative estimate of drug-likeness (QED) is 0.813. The number of halogens is 1. The molecule has 0 saturated carbocycles. The topological polar surface area (TPSA) is 61.4 Å². The van der Waals surface area contributed by atoms with Crippen LogP contribution in [0, 0.1) is 0 Å². The lowest BCUT2D eigenvalue weighted by molar-refractivity contribution is -0.138. The van der Waals surface area contributed by atoms with E-state index in [2.05, 4.69) is 17.6 Å². The van der Waals surface area contributed by atoms with Crippen LogP contribution in [-0.4, -0.2) is 53.0 Å². The molecule has 2 amide bonds. The molecule has 5 nitrogen and oxygen atoms in total. The molecule has 2 N–H and O–H groups in total. The third kappa shape index (κ3) is 4.02. The first kappa shape index (κ1) is 17.6. The first-order chi connectivity index (χ1) is 9.13. The number of rotatable bonds is 3. The Kier molecular flexibility index (Phi) is 7.12. The lowest BCUT2D eigenvalue weighted by Crippen LogP contribution is -2.56. The maximum absolute atomic E-state index is 12.3. The second kappa shape index (κ2) is 8.10. The second-order valence-corrected chi connectivity index (χ2v) is 6.23. The zero-order valence-electron chi connectivity index (χ0n) is 12.1. The maximum Gasteiger partial charge on any atom is 0.243 e. The fraction of sp³-hybridized carbons (Fsp3) is 0.846. The van der Waals surface area contributed by atoms with Crippen molar-refractivity contribution < 1.29 is 9.59 Å². The van der Waals surface area contributed by atoms with Gasteiger partial charge in [-0.25, -0.2) is 0 Å². The summed E-state index contributed by atoms with van der Waals surface area (Å²) in [5.41, 5.74) is 0. The van der Waals surface area contributed by atoms with Gasteiger partial charge in [-0.2, -0.15) is 0 Å². The van der Waals surface area contributed by atoms with E-state index in [1.165, 1.54) is 0 Å². The van der Waals surface area contributed by atoms with Crippen LogP contribution in [0.3, 0.4) is 0 Å². The minimum atomic E-state index is -0.286. The van der Waals surface area contributed by atoms with Crippen LogP contribution in [-0.2, 0) is 9.59 Å². The van der Waals surface area contributed by atoms with Crippen LogP contribution in [0.1, 0.15) is 33.1 Å². The number of hydrogen-bond donors (Lipinski definition) is 2. The molecule has 0 bridgehead atoms. The summed E-state index contributed by atoms with van der Waals surface area (Å²) in [5, 5.41) is 6.48. The summed E-state index contributed by atoms with van der Waals surface area (Å²) < 4.78 is 0. The molecule has 0 spiro atoms. The molecule has 0 aliphatic carbocycles. The lowest BCUT2D eigenvalue weighted by Gasteiger charge is -2.32. The van der Waals surface area contributed by atoms with E-state index in [0.717, 1.165) is 19.4 Å². The number of carbonyl (C=O) groups excluding carboxylic acids is 2. The molecular formula is C13H24ClN3O2S. The molecule has 2 heterocycles. The molecule has 2 saturated heterocycles. The van der Waals surface area contributed by atoms with E-state index >= 15 is 0 Å². The number of carbonyl (C=O) groups is 2. The minimum absolute atomic E-state index is 0. The van der Waals surface area contributed by atoms with Crippen LogP contribution >= 0.6 is 24.2 Å². The molecule has 0 aromatic heterocycles. The normalized spacial score (nSPS) is 29.7. The summed E-state index contributed by atoms with van der Waals surface area (Å²) in [6.45, 7) is 4.96. The summed E-state index contributed by atoms with van der Waals surface area (Å²) in [6.07, 6.45) is 2.57. The van der Waals surface area contributed by atoms with E-state index in [1.54, 1.807) is 16.7 Å². The van der Waals surface area contributed by atoms with Gasteiger partial charge in [0.25, 0.3) is 0 Å². The molecule has 2 aliphatic heterocycles. The van der Waals surface area contributed by atoms with Gasteiger partial charge in [0, 0.05) is 24.3 Å². The summed E-state index contributed by atoms with van der Waals surface area (Å²) in [7, 11) is 0. The van der Waals surface area contributed by atoms with Gasteiger partial charge < -0.3 is 15.5 Å². The highest BCUT2D eigenvalue weighted by Gasteiger charge is 2.35. The van der Waals surface area contributed by atoms with Gasteiger partial charge in [-0.05, 0) is 26.3 Å². The highest BCUT2D eigenvalue weighted by atomic mass is 35.5. The monoisotopic (exact) mass is 321 g/mol. The van der Waals surface area contributed by atoms with E-state index in [0.29, 0.717) is 24.1 Å². The highest BCUT2D eigenvalue weighted by Crippen LogP contribution is 2.22. The molecule has 3 atom stereocenters. The van der Waals surface area contributed by atoms with Crippen LogP contribution in [0.4, 0.5) is 0 Å². The van der Waals surface area contributed by atoms with Crippen LogP contribution in [0.15, 0.2) is 0 Å². The summed E-state index contributed by atoms with van der Waals surface area (Å²) in [4.78, 5) is 25.9. The molecule has 0 aromatic rings. The molecule has 2 rings (SSSR count). The molecule has 2 fully saturated rings. The van der Waals surface area contributed by atoms with Crippen molar-refractivity contribution in [1.82, 2.24) is 15.5 Å². The zero-order valence-corrected chi connectivity index (χ0v) is 13.7.